The second kappa shape index (κ2) is 23.6. The molecule has 0 unspecified atom stereocenters. The summed E-state index contributed by atoms with van der Waals surface area (Å²) in [5.74, 6) is -0.0729. The van der Waals surface area contributed by atoms with E-state index in [1.807, 2.05) is 20.8 Å². The monoisotopic (exact) mass is 452 g/mol. The first-order valence-electron chi connectivity index (χ1n) is 14.7. The number of carbonyl (C=O) groups is 1. The van der Waals surface area contributed by atoms with Crippen LogP contribution in [0.2, 0.25) is 0 Å². The summed E-state index contributed by atoms with van der Waals surface area (Å²) in [6.45, 7) is 8.62. The summed E-state index contributed by atoms with van der Waals surface area (Å²) in [6.07, 6.45) is 32.3. The van der Waals surface area contributed by atoms with Crippen LogP contribution in [0.5, 0.6) is 0 Å². The number of ether oxygens (including phenoxy) is 1. The highest BCUT2D eigenvalue weighted by atomic mass is 16.5. The Morgan fingerprint density at radius 2 is 0.719 bits per heavy atom. The van der Waals surface area contributed by atoms with E-state index in [1.54, 1.807) is 0 Å². The summed E-state index contributed by atoms with van der Waals surface area (Å²) >= 11 is 0. The smallest absolute Gasteiger partial charge is 0.311 e. The fourth-order valence-corrected chi connectivity index (χ4v) is 4.27. The Balaban J connectivity index is 3.09. The molecule has 0 spiro atoms. The van der Waals surface area contributed by atoms with Crippen LogP contribution in [0.15, 0.2) is 0 Å². The molecule has 0 bridgehead atoms. The molecule has 32 heavy (non-hydrogen) atoms. The Bertz CT molecular complexity index is 383. The molecule has 2 heteroatoms. The first kappa shape index (κ1) is 31.5. The number of hydrogen-bond acceptors (Lipinski definition) is 2. The highest BCUT2D eigenvalue weighted by Crippen LogP contribution is 2.17. The normalized spacial score (nSPS) is 11.8. The zero-order valence-electron chi connectivity index (χ0n) is 22.8. The van der Waals surface area contributed by atoms with Gasteiger partial charge in [-0.1, -0.05) is 148 Å². The lowest BCUT2D eigenvalue weighted by Gasteiger charge is -2.16. The predicted molar refractivity (Wildman–Crippen MR) is 142 cm³/mol. The minimum atomic E-state index is -0.368. The molecule has 0 saturated heterocycles. The van der Waals surface area contributed by atoms with Crippen LogP contribution in [0.4, 0.5) is 0 Å². The van der Waals surface area contributed by atoms with E-state index in [4.69, 9.17) is 4.74 Å². The molecule has 2 nitrogen and oxygen atoms in total. The zero-order valence-corrected chi connectivity index (χ0v) is 22.8. The number of rotatable bonds is 24. The summed E-state index contributed by atoms with van der Waals surface area (Å²) in [4.78, 5) is 11.7. The van der Waals surface area contributed by atoms with Gasteiger partial charge in [0.05, 0.1) is 12.0 Å². The van der Waals surface area contributed by atoms with Gasteiger partial charge in [-0.05, 0) is 27.2 Å². The van der Waals surface area contributed by atoms with Crippen molar-refractivity contribution < 1.29 is 9.53 Å². The van der Waals surface area contributed by atoms with Gasteiger partial charge in [-0.3, -0.25) is 4.79 Å². The van der Waals surface area contributed by atoms with Crippen molar-refractivity contribution in [2.24, 2.45) is 5.41 Å². The SMILES string of the molecule is CCCCCCCCCCCCCCCCCCCCCCCCCOC(=O)C(C)(C)C. The molecule has 0 rings (SSSR count). The van der Waals surface area contributed by atoms with Crippen molar-refractivity contribution >= 4 is 5.97 Å². The van der Waals surface area contributed by atoms with E-state index in [0.717, 1.165) is 6.42 Å². The third-order valence-electron chi connectivity index (χ3n) is 6.59. The first-order chi connectivity index (χ1) is 15.5. The van der Waals surface area contributed by atoms with E-state index >= 15 is 0 Å². The molecule has 0 heterocycles. The average Bonchev–Trinajstić information content (AvgIpc) is 2.76. The number of hydrogen-bond donors (Lipinski definition) is 0. The van der Waals surface area contributed by atoms with Crippen molar-refractivity contribution in [2.45, 2.75) is 175 Å². The third-order valence-corrected chi connectivity index (χ3v) is 6.59. The molecular weight excluding hydrogens is 392 g/mol. The Morgan fingerprint density at radius 1 is 0.469 bits per heavy atom. The predicted octanol–water partition coefficient (Wildman–Crippen LogP) is 10.6. The summed E-state index contributed by atoms with van der Waals surface area (Å²) in [7, 11) is 0. The van der Waals surface area contributed by atoms with Crippen molar-refractivity contribution in [3.05, 3.63) is 0 Å². The number of unbranched alkanes of at least 4 members (excludes halogenated alkanes) is 22. The summed E-state index contributed by atoms with van der Waals surface area (Å²) in [6, 6.07) is 0. The Hall–Kier alpha value is -0.530. The van der Waals surface area contributed by atoms with Crippen molar-refractivity contribution in [3.8, 4) is 0 Å². The maximum atomic E-state index is 11.7. The Morgan fingerprint density at radius 3 is 0.969 bits per heavy atom. The van der Waals surface area contributed by atoms with Gasteiger partial charge in [0.2, 0.25) is 0 Å². The zero-order chi connectivity index (χ0) is 23.8. The van der Waals surface area contributed by atoms with Crippen LogP contribution in [-0.4, -0.2) is 12.6 Å². The van der Waals surface area contributed by atoms with Crippen molar-refractivity contribution in [3.63, 3.8) is 0 Å². The summed E-state index contributed by atoms with van der Waals surface area (Å²) in [5.41, 5.74) is -0.368. The molecule has 0 aliphatic carbocycles. The highest BCUT2D eigenvalue weighted by molar-refractivity contribution is 5.75. The maximum absolute atomic E-state index is 11.7. The highest BCUT2D eigenvalue weighted by Gasteiger charge is 2.22. The minimum absolute atomic E-state index is 0.0729. The lowest BCUT2D eigenvalue weighted by molar-refractivity contribution is -0.153. The van der Waals surface area contributed by atoms with Gasteiger partial charge in [0, 0.05) is 0 Å². The molecule has 0 aromatic rings. The molecule has 0 saturated carbocycles. The molecule has 0 aliphatic heterocycles. The average molecular weight is 453 g/mol. The van der Waals surface area contributed by atoms with Gasteiger partial charge in [-0.2, -0.15) is 0 Å². The molecule has 0 fully saturated rings. The maximum Gasteiger partial charge on any atom is 0.311 e. The van der Waals surface area contributed by atoms with Gasteiger partial charge in [0.15, 0.2) is 0 Å². The topological polar surface area (TPSA) is 26.3 Å². The van der Waals surface area contributed by atoms with Crippen molar-refractivity contribution in [1.29, 1.82) is 0 Å². The van der Waals surface area contributed by atoms with Gasteiger partial charge in [0.1, 0.15) is 0 Å². The van der Waals surface area contributed by atoms with Crippen LogP contribution in [0.25, 0.3) is 0 Å². The van der Waals surface area contributed by atoms with Crippen molar-refractivity contribution in [1.82, 2.24) is 0 Å². The number of esters is 1. The third kappa shape index (κ3) is 24.1. The van der Waals surface area contributed by atoms with Crippen LogP contribution >= 0.6 is 0 Å². The number of carbonyl (C=O) groups excluding carboxylic acids is 1. The molecule has 0 aliphatic rings. The first-order valence-corrected chi connectivity index (χ1v) is 14.7. The molecular formula is C30H60O2. The lowest BCUT2D eigenvalue weighted by atomic mass is 9.97. The van der Waals surface area contributed by atoms with E-state index in [1.165, 1.54) is 141 Å². The van der Waals surface area contributed by atoms with Crippen LogP contribution in [0.1, 0.15) is 175 Å². The Kier molecular flexibility index (Phi) is 23.2. The van der Waals surface area contributed by atoms with Crippen LogP contribution in [-0.2, 0) is 9.53 Å². The minimum Gasteiger partial charge on any atom is -0.465 e. The molecule has 0 atom stereocenters. The van der Waals surface area contributed by atoms with Crippen LogP contribution in [0.3, 0.4) is 0 Å². The van der Waals surface area contributed by atoms with Gasteiger partial charge in [-0.25, -0.2) is 0 Å². The fourth-order valence-electron chi connectivity index (χ4n) is 4.27. The van der Waals surface area contributed by atoms with Gasteiger partial charge in [-0.15, -0.1) is 0 Å². The van der Waals surface area contributed by atoms with E-state index in [2.05, 4.69) is 6.92 Å². The van der Waals surface area contributed by atoms with Gasteiger partial charge in [0.25, 0.3) is 0 Å². The van der Waals surface area contributed by atoms with Gasteiger partial charge >= 0.3 is 5.97 Å². The molecule has 0 N–H and O–H groups in total. The van der Waals surface area contributed by atoms with E-state index in [0.29, 0.717) is 6.61 Å². The standard InChI is InChI=1S/C30H60O2/c1-5-6-7-8-9-10-11-12-13-14-15-16-17-18-19-20-21-22-23-24-25-26-27-28-32-29(31)30(2,3)4/h5-28H2,1-4H3. The molecule has 0 aromatic heterocycles. The van der Waals surface area contributed by atoms with Crippen LogP contribution < -0.4 is 0 Å². The van der Waals surface area contributed by atoms with E-state index in [-0.39, 0.29) is 11.4 Å². The quantitative estimate of drug-likeness (QED) is 0.107. The molecule has 0 amide bonds. The van der Waals surface area contributed by atoms with Gasteiger partial charge < -0.3 is 4.74 Å². The largest absolute Gasteiger partial charge is 0.465 e. The molecule has 0 aromatic carbocycles. The summed E-state index contributed by atoms with van der Waals surface area (Å²) < 4.78 is 5.31. The Labute approximate surface area is 203 Å². The lowest BCUT2D eigenvalue weighted by Crippen LogP contribution is -2.23. The van der Waals surface area contributed by atoms with Crippen LogP contribution in [0, 0.1) is 5.41 Å². The summed E-state index contributed by atoms with van der Waals surface area (Å²) in [5, 5.41) is 0. The molecule has 0 radical (unpaired) electrons. The fraction of sp³-hybridized carbons (Fsp3) is 0.967. The second-order valence-electron chi connectivity index (χ2n) is 11.2. The van der Waals surface area contributed by atoms with E-state index < -0.39 is 0 Å². The second-order valence-corrected chi connectivity index (χ2v) is 11.2. The van der Waals surface area contributed by atoms with E-state index in [9.17, 15) is 4.79 Å². The molecule has 192 valence electrons. The van der Waals surface area contributed by atoms with Crippen molar-refractivity contribution in [2.75, 3.05) is 6.61 Å².